The van der Waals surface area contributed by atoms with Crippen LogP contribution in [0.1, 0.15) is 25.0 Å². The average molecular weight is 399 g/mol. The Morgan fingerprint density at radius 2 is 2.12 bits per heavy atom. The number of piperidine rings is 1. The highest BCUT2D eigenvalue weighted by atomic mass is 35.5. The molecule has 1 aromatic carbocycles. The van der Waals surface area contributed by atoms with Gasteiger partial charge in [-0.2, -0.15) is 0 Å². The molecule has 1 amide bonds. The Balaban J connectivity index is 1.74. The summed E-state index contributed by atoms with van der Waals surface area (Å²) >= 11 is 13.5. The second kappa shape index (κ2) is 7.72. The minimum absolute atomic E-state index is 0.0888. The van der Waals surface area contributed by atoms with Crippen molar-refractivity contribution >= 4 is 46.4 Å². The number of halogens is 2. The van der Waals surface area contributed by atoms with E-state index in [0.717, 1.165) is 18.4 Å². The number of likely N-dealkylation sites (tertiary alicyclic amines) is 1. The van der Waals surface area contributed by atoms with Crippen molar-refractivity contribution in [1.82, 2.24) is 9.88 Å². The molecule has 1 atom stereocenters. The third kappa shape index (κ3) is 4.14. The number of aliphatic carboxylic acids is 1. The summed E-state index contributed by atoms with van der Waals surface area (Å²) < 4.78 is 0. The van der Waals surface area contributed by atoms with E-state index in [-0.39, 0.29) is 12.3 Å². The molecule has 3 rings (SSSR count). The number of carbonyl (C=O) groups is 2. The minimum atomic E-state index is -0.944. The predicted molar refractivity (Wildman–Crippen MR) is 98.3 cm³/mol. The molecule has 0 aliphatic carbocycles. The molecule has 0 unspecified atom stereocenters. The van der Waals surface area contributed by atoms with E-state index in [1.165, 1.54) is 16.2 Å². The molecule has 0 bridgehead atoms. The van der Waals surface area contributed by atoms with Gasteiger partial charge in [0.1, 0.15) is 11.0 Å². The van der Waals surface area contributed by atoms with Crippen LogP contribution in [-0.2, 0) is 16.0 Å². The molecule has 2 heterocycles. The fraction of sp³-hybridized carbons (Fsp3) is 0.353. The Kier molecular flexibility index (Phi) is 5.61. The molecule has 25 heavy (non-hydrogen) atoms. The normalized spacial score (nSPS) is 17.5. The first-order valence-electron chi connectivity index (χ1n) is 7.88. The summed E-state index contributed by atoms with van der Waals surface area (Å²) in [4.78, 5) is 29.8. The van der Waals surface area contributed by atoms with E-state index in [2.05, 4.69) is 4.98 Å². The van der Waals surface area contributed by atoms with E-state index in [4.69, 9.17) is 23.2 Å². The third-order valence-electron chi connectivity index (χ3n) is 4.15. The molecular weight excluding hydrogens is 383 g/mol. The summed E-state index contributed by atoms with van der Waals surface area (Å²) in [6.07, 6.45) is 2.25. The molecule has 8 heteroatoms. The quantitative estimate of drug-likeness (QED) is 0.840. The summed E-state index contributed by atoms with van der Waals surface area (Å²) in [7, 11) is 0. The number of hydrogen-bond acceptors (Lipinski definition) is 4. The van der Waals surface area contributed by atoms with Gasteiger partial charge in [0.25, 0.3) is 0 Å². The smallest absolute Gasteiger partial charge is 0.326 e. The van der Waals surface area contributed by atoms with Gasteiger partial charge < -0.3 is 10.0 Å². The van der Waals surface area contributed by atoms with Crippen LogP contribution in [-0.4, -0.2) is 39.5 Å². The first-order chi connectivity index (χ1) is 12.0. The maximum atomic E-state index is 12.5. The fourth-order valence-corrected chi connectivity index (χ4v) is 4.33. The summed E-state index contributed by atoms with van der Waals surface area (Å²) in [5.74, 6) is -1.15. The number of thiazole rings is 1. The topological polar surface area (TPSA) is 70.5 Å². The molecule has 1 aliphatic rings. The van der Waals surface area contributed by atoms with Crippen molar-refractivity contribution < 1.29 is 14.7 Å². The molecule has 1 N–H and O–H groups in total. The van der Waals surface area contributed by atoms with Crippen LogP contribution in [0.15, 0.2) is 23.6 Å². The second-order valence-electron chi connectivity index (χ2n) is 5.88. The van der Waals surface area contributed by atoms with Crippen LogP contribution >= 0.6 is 34.5 Å². The number of carboxylic acids is 1. The lowest BCUT2D eigenvalue weighted by molar-refractivity contribution is -0.151. The van der Waals surface area contributed by atoms with Crippen LogP contribution in [0.2, 0.25) is 10.0 Å². The molecule has 1 aliphatic heterocycles. The number of carbonyl (C=O) groups excluding carboxylic acids is 1. The highest BCUT2D eigenvalue weighted by Crippen LogP contribution is 2.32. The van der Waals surface area contributed by atoms with Gasteiger partial charge in [0, 0.05) is 22.5 Å². The van der Waals surface area contributed by atoms with Gasteiger partial charge in [0.2, 0.25) is 5.91 Å². The van der Waals surface area contributed by atoms with E-state index < -0.39 is 12.0 Å². The lowest BCUT2D eigenvalue weighted by Gasteiger charge is -2.32. The first kappa shape index (κ1) is 18.2. The summed E-state index contributed by atoms with van der Waals surface area (Å²) in [6.45, 7) is 0.482. The van der Waals surface area contributed by atoms with Gasteiger partial charge in [-0.05, 0) is 37.5 Å². The van der Waals surface area contributed by atoms with Gasteiger partial charge in [0.05, 0.1) is 17.1 Å². The summed E-state index contributed by atoms with van der Waals surface area (Å²) in [6, 6.07) is 4.45. The van der Waals surface area contributed by atoms with Crippen molar-refractivity contribution in [3.05, 3.63) is 39.3 Å². The number of amides is 1. The number of nitrogens with zero attached hydrogens (tertiary/aromatic N) is 2. The molecule has 0 radical (unpaired) electrons. The Morgan fingerprint density at radius 3 is 2.84 bits per heavy atom. The van der Waals surface area contributed by atoms with E-state index in [1.54, 1.807) is 23.6 Å². The second-order valence-corrected chi connectivity index (χ2v) is 7.58. The number of rotatable bonds is 4. The lowest BCUT2D eigenvalue weighted by atomic mass is 10.0. The van der Waals surface area contributed by atoms with Crippen LogP contribution in [0.4, 0.5) is 0 Å². The van der Waals surface area contributed by atoms with Crippen LogP contribution < -0.4 is 0 Å². The van der Waals surface area contributed by atoms with Crippen LogP contribution in [0.3, 0.4) is 0 Å². The van der Waals surface area contributed by atoms with Gasteiger partial charge in [-0.15, -0.1) is 11.3 Å². The Labute approximate surface area is 159 Å². The fourth-order valence-electron chi connectivity index (χ4n) is 2.92. The molecular formula is C17H16Cl2N2O3S. The van der Waals surface area contributed by atoms with E-state index in [9.17, 15) is 14.7 Å². The Bertz CT molecular complexity index is 809. The van der Waals surface area contributed by atoms with Crippen LogP contribution in [0.25, 0.3) is 10.6 Å². The average Bonchev–Trinajstić information content (AvgIpc) is 3.02. The molecule has 1 fully saturated rings. The number of benzene rings is 1. The van der Waals surface area contributed by atoms with Gasteiger partial charge >= 0.3 is 5.97 Å². The maximum absolute atomic E-state index is 12.5. The molecule has 2 aromatic rings. The maximum Gasteiger partial charge on any atom is 0.326 e. The van der Waals surface area contributed by atoms with Crippen LogP contribution in [0.5, 0.6) is 0 Å². The van der Waals surface area contributed by atoms with E-state index in [0.29, 0.717) is 33.7 Å². The van der Waals surface area contributed by atoms with Crippen LogP contribution in [0, 0.1) is 0 Å². The number of carboxylic acid groups (broad SMARTS) is 1. The minimum Gasteiger partial charge on any atom is -0.480 e. The first-order valence-corrected chi connectivity index (χ1v) is 9.51. The predicted octanol–water partition coefficient (Wildman–Crippen LogP) is 4.13. The SMILES string of the molecule is O=C(O)[C@H]1CCCCN1C(=O)Cc1csc(-c2ccc(Cl)cc2Cl)n1. The van der Waals surface area contributed by atoms with Crippen molar-refractivity contribution in [3.8, 4) is 10.6 Å². The standard InChI is InChI=1S/C17H16Cl2N2O3S/c18-10-4-5-12(13(19)7-10)16-20-11(9-25-16)8-15(22)21-6-2-1-3-14(21)17(23)24/h4-5,7,9,14H,1-3,6,8H2,(H,23,24)/t14-/m1/s1. The van der Waals surface area contributed by atoms with E-state index >= 15 is 0 Å². The van der Waals surface area contributed by atoms with Crippen molar-refractivity contribution in [3.63, 3.8) is 0 Å². The molecule has 0 spiro atoms. The van der Waals surface area contributed by atoms with Gasteiger partial charge in [-0.3, -0.25) is 4.79 Å². The molecule has 1 saturated heterocycles. The molecule has 0 saturated carbocycles. The Hall–Kier alpha value is -1.63. The zero-order valence-corrected chi connectivity index (χ0v) is 15.6. The van der Waals surface area contributed by atoms with Crippen molar-refractivity contribution in [1.29, 1.82) is 0 Å². The van der Waals surface area contributed by atoms with E-state index in [1.807, 2.05) is 0 Å². The van der Waals surface area contributed by atoms with Gasteiger partial charge in [-0.1, -0.05) is 23.2 Å². The molecule has 1 aromatic heterocycles. The monoisotopic (exact) mass is 398 g/mol. The highest BCUT2D eigenvalue weighted by molar-refractivity contribution is 7.13. The zero-order valence-electron chi connectivity index (χ0n) is 13.2. The van der Waals surface area contributed by atoms with Crippen molar-refractivity contribution in [2.24, 2.45) is 0 Å². The largest absolute Gasteiger partial charge is 0.480 e. The van der Waals surface area contributed by atoms with Gasteiger partial charge in [-0.25, -0.2) is 9.78 Å². The molecule has 5 nitrogen and oxygen atoms in total. The molecule has 132 valence electrons. The highest BCUT2D eigenvalue weighted by Gasteiger charge is 2.32. The number of hydrogen-bond donors (Lipinski definition) is 1. The summed E-state index contributed by atoms with van der Waals surface area (Å²) in [5, 5.41) is 12.9. The van der Waals surface area contributed by atoms with Crippen molar-refractivity contribution in [2.75, 3.05) is 6.54 Å². The zero-order chi connectivity index (χ0) is 18.0. The van der Waals surface area contributed by atoms with Gasteiger partial charge in [0.15, 0.2) is 0 Å². The summed E-state index contributed by atoms with van der Waals surface area (Å²) in [5.41, 5.74) is 1.38. The Morgan fingerprint density at radius 1 is 1.32 bits per heavy atom. The number of aromatic nitrogens is 1. The van der Waals surface area contributed by atoms with Crippen molar-refractivity contribution in [2.45, 2.75) is 31.7 Å². The lowest BCUT2D eigenvalue weighted by Crippen LogP contribution is -2.48. The third-order valence-corrected chi connectivity index (χ3v) is 5.63.